The number of rotatable bonds is 5. The zero-order valence-corrected chi connectivity index (χ0v) is 13.5. The van der Waals surface area contributed by atoms with E-state index in [2.05, 4.69) is 21.0 Å². The maximum absolute atomic E-state index is 12.1. The van der Waals surface area contributed by atoms with Crippen molar-refractivity contribution in [2.75, 3.05) is 26.2 Å². The summed E-state index contributed by atoms with van der Waals surface area (Å²) in [7, 11) is 0. The van der Waals surface area contributed by atoms with E-state index in [1.165, 1.54) is 12.1 Å². The fourth-order valence-electron chi connectivity index (χ4n) is 2.41. The summed E-state index contributed by atoms with van der Waals surface area (Å²) < 4.78 is 28.6. The zero-order valence-electron chi connectivity index (χ0n) is 11.9. The normalized spacial score (nSPS) is 16.1. The van der Waals surface area contributed by atoms with Gasteiger partial charge in [-0.05, 0) is 17.7 Å². The first kappa shape index (κ1) is 20.9. The molecule has 4 nitrogen and oxygen atoms in total. The standard InChI is InChI=1S/C14H17F2N3O.2ClH/c15-14(16)20-12-3-1-11(2-4-12)13(5-6-17)19-9-7-18-8-10-19;;/h1-4,13-14,18H,5,7-10H2;2*1H/t13-;;/m1../s1. The van der Waals surface area contributed by atoms with Gasteiger partial charge in [0, 0.05) is 32.2 Å². The van der Waals surface area contributed by atoms with Crippen molar-refractivity contribution in [3.05, 3.63) is 29.8 Å². The molecule has 0 radical (unpaired) electrons. The van der Waals surface area contributed by atoms with Gasteiger partial charge in [-0.2, -0.15) is 14.0 Å². The molecule has 1 atom stereocenters. The van der Waals surface area contributed by atoms with Crippen molar-refractivity contribution in [2.45, 2.75) is 19.1 Å². The van der Waals surface area contributed by atoms with Crippen molar-refractivity contribution < 1.29 is 13.5 Å². The number of nitrogens with one attached hydrogen (secondary N) is 1. The van der Waals surface area contributed by atoms with Crippen LogP contribution in [0.1, 0.15) is 18.0 Å². The van der Waals surface area contributed by atoms with Crippen LogP contribution in [0.3, 0.4) is 0 Å². The summed E-state index contributed by atoms with van der Waals surface area (Å²) in [4.78, 5) is 2.24. The highest BCUT2D eigenvalue weighted by Gasteiger charge is 2.22. The minimum Gasteiger partial charge on any atom is -0.435 e. The molecule has 2 rings (SSSR count). The quantitative estimate of drug-likeness (QED) is 0.883. The highest BCUT2D eigenvalue weighted by atomic mass is 35.5. The molecule has 0 unspecified atom stereocenters. The first-order valence-electron chi connectivity index (χ1n) is 6.57. The second-order valence-electron chi connectivity index (χ2n) is 4.61. The molecule has 1 aromatic carbocycles. The van der Waals surface area contributed by atoms with Crippen LogP contribution in [0.15, 0.2) is 24.3 Å². The van der Waals surface area contributed by atoms with Crippen molar-refractivity contribution in [2.24, 2.45) is 0 Å². The van der Waals surface area contributed by atoms with E-state index in [0.29, 0.717) is 6.42 Å². The number of halogens is 4. The van der Waals surface area contributed by atoms with E-state index in [-0.39, 0.29) is 36.6 Å². The van der Waals surface area contributed by atoms with Crippen LogP contribution in [0.5, 0.6) is 5.75 Å². The minimum atomic E-state index is -2.82. The Labute approximate surface area is 141 Å². The molecule has 1 saturated heterocycles. The Balaban J connectivity index is 0.00000220. The molecule has 1 heterocycles. The van der Waals surface area contributed by atoms with Gasteiger partial charge in [-0.1, -0.05) is 12.1 Å². The Morgan fingerprint density at radius 2 is 1.77 bits per heavy atom. The van der Waals surface area contributed by atoms with E-state index in [1.54, 1.807) is 12.1 Å². The molecule has 0 aliphatic carbocycles. The maximum Gasteiger partial charge on any atom is 0.387 e. The van der Waals surface area contributed by atoms with Gasteiger partial charge in [0.1, 0.15) is 5.75 Å². The Morgan fingerprint density at radius 3 is 2.27 bits per heavy atom. The molecular weight excluding hydrogens is 335 g/mol. The summed E-state index contributed by atoms with van der Waals surface area (Å²) in [5.74, 6) is 0.139. The number of nitriles is 1. The molecule has 22 heavy (non-hydrogen) atoms. The van der Waals surface area contributed by atoms with Gasteiger partial charge in [0.15, 0.2) is 0 Å². The molecule has 1 fully saturated rings. The lowest BCUT2D eigenvalue weighted by Crippen LogP contribution is -2.45. The molecule has 0 saturated carbocycles. The summed E-state index contributed by atoms with van der Waals surface area (Å²) in [5.41, 5.74) is 0.954. The van der Waals surface area contributed by atoms with Gasteiger partial charge in [0.2, 0.25) is 0 Å². The van der Waals surface area contributed by atoms with Crippen LogP contribution >= 0.6 is 24.8 Å². The van der Waals surface area contributed by atoms with E-state index in [4.69, 9.17) is 5.26 Å². The van der Waals surface area contributed by atoms with Crippen molar-refractivity contribution in [1.82, 2.24) is 10.2 Å². The number of benzene rings is 1. The lowest BCUT2D eigenvalue weighted by atomic mass is 10.0. The second-order valence-corrected chi connectivity index (χ2v) is 4.61. The number of hydrogen-bond acceptors (Lipinski definition) is 4. The number of piperazine rings is 1. The van der Waals surface area contributed by atoms with E-state index < -0.39 is 6.61 Å². The minimum absolute atomic E-state index is 0. The van der Waals surface area contributed by atoms with Crippen molar-refractivity contribution in [1.29, 1.82) is 5.26 Å². The van der Waals surface area contributed by atoms with Gasteiger partial charge < -0.3 is 10.1 Å². The predicted octanol–water partition coefficient (Wildman–Crippen LogP) is 2.99. The van der Waals surface area contributed by atoms with Crippen molar-refractivity contribution >= 4 is 24.8 Å². The van der Waals surface area contributed by atoms with Crippen LogP contribution in [-0.4, -0.2) is 37.7 Å². The Hall–Kier alpha value is -1.13. The van der Waals surface area contributed by atoms with Crippen LogP contribution in [0, 0.1) is 11.3 Å². The first-order chi connectivity index (χ1) is 9.70. The molecule has 8 heteroatoms. The lowest BCUT2D eigenvalue weighted by Gasteiger charge is -2.34. The third-order valence-electron chi connectivity index (χ3n) is 3.37. The zero-order chi connectivity index (χ0) is 14.4. The van der Waals surface area contributed by atoms with Crippen LogP contribution in [0.25, 0.3) is 0 Å². The van der Waals surface area contributed by atoms with Crippen molar-refractivity contribution in [3.8, 4) is 11.8 Å². The number of nitrogens with zero attached hydrogens (tertiary/aromatic N) is 2. The van der Waals surface area contributed by atoms with Crippen LogP contribution in [0.4, 0.5) is 8.78 Å². The van der Waals surface area contributed by atoms with Gasteiger partial charge in [0.05, 0.1) is 12.5 Å². The fourth-order valence-corrected chi connectivity index (χ4v) is 2.41. The van der Waals surface area contributed by atoms with E-state index >= 15 is 0 Å². The van der Waals surface area contributed by atoms with Gasteiger partial charge in [-0.25, -0.2) is 0 Å². The number of ether oxygens (including phenoxy) is 1. The van der Waals surface area contributed by atoms with Crippen LogP contribution < -0.4 is 10.1 Å². The molecule has 124 valence electrons. The van der Waals surface area contributed by atoms with Crippen LogP contribution in [-0.2, 0) is 0 Å². The van der Waals surface area contributed by atoms with Gasteiger partial charge >= 0.3 is 6.61 Å². The van der Waals surface area contributed by atoms with Gasteiger partial charge in [-0.15, -0.1) is 24.8 Å². The van der Waals surface area contributed by atoms with Crippen molar-refractivity contribution in [3.63, 3.8) is 0 Å². The fraction of sp³-hybridized carbons (Fsp3) is 0.500. The average molecular weight is 354 g/mol. The smallest absolute Gasteiger partial charge is 0.387 e. The molecular formula is C14H19Cl2F2N3O. The highest BCUT2D eigenvalue weighted by Crippen LogP contribution is 2.26. The monoisotopic (exact) mass is 353 g/mol. The Morgan fingerprint density at radius 1 is 1.18 bits per heavy atom. The topological polar surface area (TPSA) is 48.3 Å². The third kappa shape index (κ3) is 5.93. The average Bonchev–Trinajstić information content (AvgIpc) is 2.46. The molecule has 1 aliphatic rings. The summed E-state index contributed by atoms with van der Waals surface area (Å²) in [6.07, 6.45) is 0.384. The number of hydrogen-bond donors (Lipinski definition) is 1. The third-order valence-corrected chi connectivity index (χ3v) is 3.37. The molecule has 1 N–H and O–H groups in total. The van der Waals surface area contributed by atoms with E-state index in [1.807, 2.05) is 0 Å². The highest BCUT2D eigenvalue weighted by molar-refractivity contribution is 5.85. The predicted molar refractivity (Wildman–Crippen MR) is 85.0 cm³/mol. The molecule has 0 aromatic heterocycles. The summed E-state index contributed by atoms with van der Waals surface area (Å²) >= 11 is 0. The van der Waals surface area contributed by atoms with E-state index in [9.17, 15) is 8.78 Å². The molecule has 0 spiro atoms. The Kier molecular flexibility index (Phi) is 10.0. The van der Waals surface area contributed by atoms with Gasteiger partial charge in [-0.3, -0.25) is 4.90 Å². The Bertz CT molecular complexity index is 462. The molecule has 0 bridgehead atoms. The van der Waals surface area contributed by atoms with Crippen LogP contribution in [0.2, 0.25) is 0 Å². The van der Waals surface area contributed by atoms with Gasteiger partial charge in [0.25, 0.3) is 0 Å². The summed E-state index contributed by atoms with van der Waals surface area (Å²) in [6.45, 7) is 0.732. The second kappa shape index (κ2) is 10.6. The lowest BCUT2D eigenvalue weighted by molar-refractivity contribution is -0.0498. The summed E-state index contributed by atoms with van der Waals surface area (Å²) in [6, 6.07) is 8.75. The molecule has 1 aromatic rings. The van der Waals surface area contributed by atoms with E-state index in [0.717, 1.165) is 31.7 Å². The first-order valence-corrected chi connectivity index (χ1v) is 6.57. The molecule has 1 aliphatic heterocycles. The maximum atomic E-state index is 12.1. The molecule has 0 amide bonds. The summed E-state index contributed by atoms with van der Waals surface area (Å²) in [5, 5.41) is 12.3. The largest absolute Gasteiger partial charge is 0.435 e. The SMILES string of the molecule is Cl.Cl.N#CC[C@H](c1ccc(OC(F)F)cc1)N1CCNCC1. The number of alkyl halides is 2.